The minimum Gasteiger partial charge on any atom is -0.378 e. The number of aromatic nitrogens is 5. The van der Waals surface area contributed by atoms with Crippen molar-refractivity contribution in [3.05, 3.63) is 67.0 Å². The van der Waals surface area contributed by atoms with Crippen molar-refractivity contribution in [2.24, 2.45) is 0 Å². The molecule has 1 fully saturated rings. The Bertz CT molecular complexity index is 1400. The van der Waals surface area contributed by atoms with E-state index in [0.29, 0.717) is 33.6 Å². The highest BCUT2D eigenvalue weighted by molar-refractivity contribution is 5.84. The minimum atomic E-state index is -0.341. The lowest BCUT2D eigenvalue weighted by Gasteiger charge is -2.28. The number of H-pyrrole nitrogens is 1. The van der Waals surface area contributed by atoms with Crippen LogP contribution in [0.4, 0.5) is 21.6 Å². The van der Waals surface area contributed by atoms with Gasteiger partial charge in [0.25, 0.3) is 0 Å². The molecule has 1 aliphatic heterocycles. The molecule has 2 N–H and O–H groups in total. The normalized spacial score (nSPS) is 14.3. The summed E-state index contributed by atoms with van der Waals surface area (Å²) in [4.78, 5) is 11.5. The number of imidazole rings is 1. The fraction of sp³-hybridized carbons (Fsp3) is 0.174. The van der Waals surface area contributed by atoms with Crippen molar-refractivity contribution in [1.29, 1.82) is 0 Å². The lowest BCUT2D eigenvalue weighted by Crippen LogP contribution is -2.36. The largest absolute Gasteiger partial charge is 0.378 e. The zero-order valence-corrected chi connectivity index (χ0v) is 17.1. The maximum absolute atomic E-state index is 14.5. The molecule has 1 aliphatic rings. The lowest BCUT2D eigenvalue weighted by atomic mass is 10.1. The van der Waals surface area contributed by atoms with E-state index in [1.54, 1.807) is 6.20 Å². The Morgan fingerprint density at radius 3 is 2.78 bits per heavy atom. The molecule has 8 nitrogen and oxygen atoms in total. The van der Waals surface area contributed by atoms with Gasteiger partial charge in [-0.3, -0.25) is 5.10 Å². The van der Waals surface area contributed by atoms with Gasteiger partial charge in [-0.15, -0.1) is 0 Å². The number of aromatic amines is 1. The van der Waals surface area contributed by atoms with Crippen LogP contribution >= 0.6 is 0 Å². The van der Waals surface area contributed by atoms with Gasteiger partial charge in [0.2, 0.25) is 0 Å². The number of benzene rings is 2. The molecule has 0 spiro atoms. The number of anilines is 3. The van der Waals surface area contributed by atoms with Gasteiger partial charge >= 0.3 is 0 Å². The molecule has 32 heavy (non-hydrogen) atoms. The zero-order valence-electron chi connectivity index (χ0n) is 17.1. The molecule has 9 heteroatoms. The number of morpholine rings is 1. The third kappa shape index (κ3) is 3.32. The Labute approximate surface area is 182 Å². The number of halogens is 1. The maximum Gasteiger partial charge on any atom is 0.180 e. The highest BCUT2D eigenvalue weighted by Crippen LogP contribution is 2.28. The van der Waals surface area contributed by atoms with Gasteiger partial charge in [-0.05, 0) is 36.4 Å². The van der Waals surface area contributed by atoms with Crippen molar-refractivity contribution in [3.8, 4) is 11.3 Å². The van der Waals surface area contributed by atoms with Crippen molar-refractivity contribution < 1.29 is 9.13 Å². The van der Waals surface area contributed by atoms with Crippen LogP contribution < -0.4 is 10.2 Å². The predicted molar refractivity (Wildman–Crippen MR) is 121 cm³/mol. The van der Waals surface area contributed by atoms with Gasteiger partial charge in [-0.1, -0.05) is 0 Å². The highest BCUT2D eigenvalue weighted by Gasteiger charge is 2.14. The van der Waals surface area contributed by atoms with E-state index in [2.05, 4.69) is 37.5 Å². The summed E-state index contributed by atoms with van der Waals surface area (Å²) < 4.78 is 21.8. The topological polar surface area (TPSA) is 83.4 Å². The molecule has 0 radical (unpaired) electrons. The second-order valence-corrected chi connectivity index (χ2v) is 7.69. The molecular formula is C23H20FN7O. The molecule has 1 saturated heterocycles. The number of fused-ring (bicyclic) bond motifs is 2. The van der Waals surface area contributed by atoms with Crippen LogP contribution in [0.1, 0.15) is 0 Å². The van der Waals surface area contributed by atoms with Crippen LogP contribution in [-0.2, 0) is 4.74 Å². The molecule has 2 aromatic carbocycles. The van der Waals surface area contributed by atoms with E-state index < -0.39 is 0 Å². The Kier molecular flexibility index (Phi) is 4.46. The molecule has 0 saturated carbocycles. The lowest BCUT2D eigenvalue weighted by molar-refractivity contribution is 0.122. The SMILES string of the molecule is Fc1cc(-c2cn3ccnc3c(Nc3ccc(N4CCOCC4)cc3)n2)cc2[nH]ncc12. The van der Waals surface area contributed by atoms with E-state index in [4.69, 9.17) is 9.72 Å². The molecule has 5 aromatic rings. The number of rotatable bonds is 4. The van der Waals surface area contributed by atoms with Crippen LogP contribution in [0, 0.1) is 5.82 Å². The fourth-order valence-electron chi connectivity index (χ4n) is 4.02. The second kappa shape index (κ2) is 7.61. The Balaban J connectivity index is 1.35. The summed E-state index contributed by atoms with van der Waals surface area (Å²) in [5.41, 5.74) is 4.65. The number of hydrogen-bond donors (Lipinski definition) is 2. The number of nitrogens with one attached hydrogen (secondary N) is 2. The first-order chi connectivity index (χ1) is 15.7. The van der Waals surface area contributed by atoms with E-state index in [0.717, 1.165) is 37.7 Å². The molecule has 6 rings (SSSR count). The molecule has 4 heterocycles. The van der Waals surface area contributed by atoms with Gasteiger partial charge < -0.3 is 19.4 Å². The summed E-state index contributed by atoms with van der Waals surface area (Å²) in [6.45, 7) is 3.28. The van der Waals surface area contributed by atoms with Crippen LogP contribution in [0.15, 0.2) is 61.2 Å². The predicted octanol–water partition coefficient (Wildman–Crippen LogP) is 3.99. The van der Waals surface area contributed by atoms with Gasteiger partial charge in [-0.25, -0.2) is 14.4 Å². The Morgan fingerprint density at radius 1 is 1.09 bits per heavy atom. The first-order valence-electron chi connectivity index (χ1n) is 10.4. The summed E-state index contributed by atoms with van der Waals surface area (Å²) >= 11 is 0. The quantitative estimate of drug-likeness (QED) is 0.450. The molecule has 160 valence electrons. The molecule has 0 bridgehead atoms. The molecule has 0 atom stereocenters. The summed E-state index contributed by atoms with van der Waals surface area (Å²) in [6, 6.07) is 11.5. The van der Waals surface area contributed by atoms with Crippen LogP contribution in [0.25, 0.3) is 27.8 Å². The molecule has 0 unspecified atom stereocenters. The fourth-order valence-corrected chi connectivity index (χ4v) is 4.02. The van der Waals surface area contributed by atoms with Crippen molar-refractivity contribution in [1.82, 2.24) is 24.6 Å². The molecule has 3 aromatic heterocycles. The van der Waals surface area contributed by atoms with Gasteiger partial charge in [0.05, 0.1) is 36.0 Å². The van der Waals surface area contributed by atoms with Crippen molar-refractivity contribution >= 4 is 33.7 Å². The van der Waals surface area contributed by atoms with E-state index in [1.807, 2.05) is 35.0 Å². The summed E-state index contributed by atoms with van der Waals surface area (Å²) in [5.74, 6) is 0.253. The summed E-state index contributed by atoms with van der Waals surface area (Å²) in [6.07, 6.45) is 6.88. The van der Waals surface area contributed by atoms with Gasteiger partial charge in [0.1, 0.15) is 5.82 Å². The first kappa shape index (κ1) is 18.8. The highest BCUT2D eigenvalue weighted by atomic mass is 19.1. The van der Waals surface area contributed by atoms with Gasteiger partial charge in [0.15, 0.2) is 11.5 Å². The number of ether oxygens (including phenoxy) is 1. The average Bonchev–Trinajstić information content (AvgIpc) is 3.50. The van der Waals surface area contributed by atoms with Crippen molar-refractivity contribution in [2.75, 3.05) is 36.5 Å². The Morgan fingerprint density at radius 2 is 1.94 bits per heavy atom. The molecule has 0 amide bonds. The van der Waals surface area contributed by atoms with Crippen LogP contribution in [-0.4, -0.2) is 50.9 Å². The van der Waals surface area contributed by atoms with Crippen LogP contribution in [0.3, 0.4) is 0 Å². The standard InChI is InChI=1S/C23H20FN7O/c24-19-11-15(12-20-18(19)13-26-29-20)21-14-31-6-5-25-23(31)22(28-21)27-16-1-3-17(4-2-16)30-7-9-32-10-8-30/h1-6,11-14H,7-10H2,(H,26,29)(H,27,28). The van der Waals surface area contributed by atoms with Crippen molar-refractivity contribution in [2.45, 2.75) is 0 Å². The molecular weight excluding hydrogens is 409 g/mol. The monoisotopic (exact) mass is 429 g/mol. The van der Waals surface area contributed by atoms with E-state index >= 15 is 0 Å². The number of hydrogen-bond acceptors (Lipinski definition) is 6. The van der Waals surface area contributed by atoms with E-state index in [-0.39, 0.29) is 5.82 Å². The Hall–Kier alpha value is -3.98. The smallest absolute Gasteiger partial charge is 0.180 e. The molecule has 0 aliphatic carbocycles. The summed E-state index contributed by atoms with van der Waals surface area (Å²) in [5, 5.41) is 10.6. The van der Waals surface area contributed by atoms with Gasteiger partial charge in [0, 0.05) is 48.6 Å². The maximum atomic E-state index is 14.5. The number of nitrogens with zero attached hydrogens (tertiary/aromatic N) is 5. The zero-order chi connectivity index (χ0) is 21.5. The van der Waals surface area contributed by atoms with Crippen LogP contribution in [0.2, 0.25) is 0 Å². The van der Waals surface area contributed by atoms with Crippen LogP contribution in [0.5, 0.6) is 0 Å². The first-order valence-corrected chi connectivity index (χ1v) is 10.4. The second-order valence-electron chi connectivity index (χ2n) is 7.69. The third-order valence-corrected chi connectivity index (χ3v) is 5.68. The van der Waals surface area contributed by atoms with E-state index in [1.165, 1.54) is 12.3 Å². The average molecular weight is 429 g/mol. The summed E-state index contributed by atoms with van der Waals surface area (Å²) in [7, 11) is 0. The minimum absolute atomic E-state index is 0.341. The van der Waals surface area contributed by atoms with Gasteiger partial charge in [-0.2, -0.15) is 5.10 Å². The van der Waals surface area contributed by atoms with E-state index in [9.17, 15) is 4.39 Å². The van der Waals surface area contributed by atoms with Crippen molar-refractivity contribution in [3.63, 3.8) is 0 Å². The third-order valence-electron chi connectivity index (χ3n) is 5.68.